The fraction of sp³-hybridized carbons (Fsp3) is 0.500. The van der Waals surface area contributed by atoms with E-state index in [0.29, 0.717) is 24.6 Å². The molecule has 174 valence electrons. The third kappa shape index (κ3) is 5.69. The molecule has 32 heavy (non-hydrogen) atoms. The minimum Gasteiger partial charge on any atom is -0.349 e. The first-order valence-corrected chi connectivity index (χ1v) is 11.1. The van der Waals surface area contributed by atoms with Gasteiger partial charge in [0.1, 0.15) is 0 Å². The Bertz CT molecular complexity index is 913. The Balaban J connectivity index is 1.77. The van der Waals surface area contributed by atoms with Gasteiger partial charge in [-0.25, -0.2) is 9.97 Å². The van der Waals surface area contributed by atoms with Gasteiger partial charge >= 0.3 is 6.18 Å². The van der Waals surface area contributed by atoms with Gasteiger partial charge in [-0.2, -0.15) is 13.2 Å². The summed E-state index contributed by atoms with van der Waals surface area (Å²) in [6.07, 6.45) is -0.874. The Hall–Kier alpha value is -2.39. The summed E-state index contributed by atoms with van der Waals surface area (Å²) in [6, 6.07) is 4.76. The van der Waals surface area contributed by atoms with Crippen molar-refractivity contribution in [1.29, 1.82) is 0 Å². The van der Waals surface area contributed by atoms with E-state index in [9.17, 15) is 18.0 Å². The second-order valence-electron chi connectivity index (χ2n) is 7.63. The predicted octanol–water partition coefficient (Wildman–Crippen LogP) is 4.56. The van der Waals surface area contributed by atoms with Crippen molar-refractivity contribution < 1.29 is 18.0 Å². The molecule has 0 aliphatic carbocycles. The molecule has 1 atom stereocenters. The number of benzene rings is 1. The zero-order chi connectivity index (χ0) is 23.3. The molecule has 6 nitrogen and oxygen atoms in total. The van der Waals surface area contributed by atoms with Crippen molar-refractivity contribution in [1.82, 2.24) is 20.2 Å². The average molecular weight is 470 g/mol. The molecular weight excluding hydrogens is 443 g/mol. The average Bonchev–Trinajstić information content (AvgIpc) is 3.31. The molecule has 0 bridgehead atoms. The van der Waals surface area contributed by atoms with Gasteiger partial charge in [-0.05, 0) is 43.6 Å². The van der Waals surface area contributed by atoms with Gasteiger partial charge in [0, 0.05) is 19.6 Å². The van der Waals surface area contributed by atoms with Crippen LogP contribution < -0.4 is 10.2 Å². The quantitative estimate of drug-likeness (QED) is 0.614. The molecule has 0 spiro atoms. The molecule has 1 fully saturated rings. The Morgan fingerprint density at radius 2 is 1.81 bits per heavy atom. The molecule has 3 rings (SSSR count). The van der Waals surface area contributed by atoms with E-state index in [4.69, 9.17) is 11.6 Å². The van der Waals surface area contributed by atoms with E-state index in [1.807, 2.05) is 18.7 Å². The maximum atomic E-state index is 12.9. The van der Waals surface area contributed by atoms with Crippen molar-refractivity contribution in [2.75, 3.05) is 37.6 Å². The Morgan fingerprint density at radius 1 is 1.19 bits per heavy atom. The number of hydrogen-bond donors (Lipinski definition) is 1. The molecule has 1 aliphatic heterocycles. The van der Waals surface area contributed by atoms with E-state index in [0.717, 1.165) is 38.1 Å². The number of nitrogens with one attached hydrogen (secondary N) is 1. The molecule has 1 unspecified atom stereocenters. The van der Waals surface area contributed by atoms with Gasteiger partial charge < -0.3 is 10.2 Å². The summed E-state index contributed by atoms with van der Waals surface area (Å²) in [4.78, 5) is 25.6. The van der Waals surface area contributed by atoms with Gasteiger partial charge in [0.05, 0.1) is 22.8 Å². The van der Waals surface area contributed by atoms with Crippen LogP contribution in [0.15, 0.2) is 30.5 Å². The fourth-order valence-electron chi connectivity index (χ4n) is 3.88. The molecular formula is C22H27ClF3N5O. The first kappa shape index (κ1) is 24.3. The lowest BCUT2D eigenvalue weighted by atomic mass is 10.0. The Morgan fingerprint density at radius 3 is 2.38 bits per heavy atom. The van der Waals surface area contributed by atoms with Crippen molar-refractivity contribution in [3.05, 3.63) is 52.3 Å². The lowest BCUT2D eigenvalue weighted by Crippen LogP contribution is -2.38. The van der Waals surface area contributed by atoms with Gasteiger partial charge in [0.2, 0.25) is 5.95 Å². The van der Waals surface area contributed by atoms with Gasteiger partial charge in [-0.15, -0.1) is 0 Å². The van der Waals surface area contributed by atoms with E-state index in [2.05, 4.69) is 20.2 Å². The second kappa shape index (κ2) is 10.5. The van der Waals surface area contributed by atoms with Crippen molar-refractivity contribution in [3.8, 4) is 0 Å². The fourth-order valence-corrected chi connectivity index (χ4v) is 4.05. The number of alkyl halides is 3. The highest BCUT2D eigenvalue weighted by atomic mass is 35.5. The first-order chi connectivity index (χ1) is 15.2. The molecule has 1 aromatic carbocycles. The first-order valence-electron chi connectivity index (χ1n) is 10.7. The SMILES string of the molecule is CCN(CC)C(CNC(=O)c1nc(N2CCCC2)ncc1Cl)c1ccc(C(F)(F)F)cc1. The van der Waals surface area contributed by atoms with Crippen LogP contribution in [0.3, 0.4) is 0 Å². The number of halogens is 4. The third-order valence-electron chi connectivity index (χ3n) is 5.67. The molecule has 1 aliphatic rings. The van der Waals surface area contributed by atoms with E-state index in [1.165, 1.54) is 18.3 Å². The summed E-state index contributed by atoms with van der Waals surface area (Å²) in [5.41, 5.74) is 0.0774. The molecule has 1 amide bonds. The lowest BCUT2D eigenvalue weighted by Gasteiger charge is -2.30. The highest BCUT2D eigenvalue weighted by molar-refractivity contribution is 6.33. The topological polar surface area (TPSA) is 61.4 Å². The van der Waals surface area contributed by atoms with Crippen LogP contribution in [0.1, 0.15) is 54.3 Å². The maximum absolute atomic E-state index is 12.9. The molecule has 1 aromatic heterocycles. The van der Waals surface area contributed by atoms with Crippen molar-refractivity contribution >= 4 is 23.5 Å². The molecule has 0 radical (unpaired) electrons. The van der Waals surface area contributed by atoms with E-state index in [-0.39, 0.29) is 23.3 Å². The lowest BCUT2D eigenvalue weighted by molar-refractivity contribution is -0.137. The van der Waals surface area contributed by atoms with Crippen LogP contribution in [-0.4, -0.2) is 53.5 Å². The number of rotatable bonds is 8. The highest BCUT2D eigenvalue weighted by Gasteiger charge is 2.31. The Labute approximate surface area is 190 Å². The number of likely N-dealkylation sites (N-methyl/N-ethyl adjacent to an activating group) is 1. The number of nitrogens with zero attached hydrogens (tertiary/aromatic N) is 4. The van der Waals surface area contributed by atoms with E-state index >= 15 is 0 Å². The van der Waals surface area contributed by atoms with Crippen LogP contribution in [0.5, 0.6) is 0 Å². The van der Waals surface area contributed by atoms with Gasteiger partial charge in [-0.1, -0.05) is 37.6 Å². The molecule has 1 saturated heterocycles. The zero-order valence-corrected chi connectivity index (χ0v) is 18.9. The number of carbonyl (C=O) groups is 1. The van der Waals surface area contributed by atoms with Crippen LogP contribution in [0.2, 0.25) is 5.02 Å². The molecule has 1 N–H and O–H groups in total. The summed E-state index contributed by atoms with van der Waals surface area (Å²) in [7, 11) is 0. The molecule has 2 aromatic rings. The minimum absolute atomic E-state index is 0.0919. The third-order valence-corrected chi connectivity index (χ3v) is 5.94. The Kier molecular flexibility index (Phi) is 7.95. The van der Waals surface area contributed by atoms with Crippen LogP contribution in [0, 0.1) is 0 Å². The van der Waals surface area contributed by atoms with E-state index in [1.54, 1.807) is 0 Å². The van der Waals surface area contributed by atoms with Gasteiger partial charge in [0.25, 0.3) is 5.91 Å². The number of aromatic nitrogens is 2. The smallest absolute Gasteiger partial charge is 0.349 e. The van der Waals surface area contributed by atoms with Crippen LogP contribution in [0.25, 0.3) is 0 Å². The van der Waals surface area contributed by atoms with Crippen molar-refractivity contribution in [2.24, 2.45) is 0 Å². The highest BCUT2D eigenvalue weighted by Crippen LogP contribution is 2.31. The van der Waals surface area contributed by atoms with Crippen LogP contribution in [0.4, 0.5) is 19.1 Å². The molecule has 2 heterocycles. The monoisotopic (exact) mass is 469 g/mol. The standard InChI is InChI=1S/C22H27ClF3N5O/c1-3-30(4-2)18(15-7-9-16(10-8-15)22(24,25)26)14-27-20(32)19-17(23)13-28-21(29-19)31-11-5-6-12-31/h7-10,13,18H,3-6,11-12,14H2,1-2H3,(H,27,32). The van der Waals surface area contributed by atoms with Gasteiger partial charge in [-0.3, -0.25) is 9.69 Å². The summed E-state index contributed by atoms with van der Waals surface area (Å²) in [5, 5.41) is 3.01. The van der Waals surface area contributed by atoms with E-state index < -0.39 is 17.6 Å². The van der Waals surface area contributed by atoms with Crippen molar-refractivity contribution in [2.45, 2.75) is 38.9 Å². The molecule has 10 heteroatoms. The number of amides is 1. The normalized spacial score (nSPS) is 15.3. The predicted molar refractivity (Wildman–Crippen MR) is 118 cm³/mol. The summed E-state index contributed by atoms with van der Waals surface area (Å²) in [5.74, 6) is 0.0296. The summed E-state index contributed by atoms with van der Waals surface area (Å²) < 4.78 is 38.8. The number of hydrogen-bond acceptors (Lipinski definition) is 5. The minimum atomic E-state index is -4.39. The zero-order valence-electron chi connectivity index (χ0n) is 18.1. The second-order valence-corrected chi connectivity index (χ2v) is 8.03. The summed E-state index contributed by atoms with van der Waals surface area (Å²) >= 11 is 6.19. The molecule has 0 saturated carbocycles. The largest absolute Gasteiger partial charge is 0.416 e. The van der Waals surface area contributed by atoms with Crippen LogP contribution >= 0.6 is 11.6 Å². The van der Waals surface area contributed by atoms with Crippen LogP contribution in [-0.2, 0) is 6.18 Å². The number of carbonyl (C=O) groups excluding carboxylic acids is 1. The van der Waals surface area contributed by atoms with Gasteiger partial charge in [0.15, 0.2) is 5.69 Å². The summed E-state index contributed by atoms with van der Waals surface area (Å²) in [6.45, 7) is 7.14. The maximum Gasteiger partial charge on any atom is 0.416 e. The van der Waals surface area contributed by atoms with Crippen molar-refractivity contribution in [3.63, 3.8) is 0 Å². The number of anilines is 1.